The lowest BCUT2D eigenvalue weighted by atomic mass is 9.86. The van der Waals surface area contributed by atoms with Gasteiger partial charge < -0.3 is 10.6 Å². The van der Waals surface area contributed by atoms with Crippen molar-refractivity contribution in [1.29, 1.82) is 5.26 Å². The molecule has 128 valence electrons. The number of nitrogens with one attached hydrogen (secondary N) is 2. The quantitative estimate of drug-likeness (QED) is 0.870. The Balaban J connectivity index is 1.44. The van der Waals surface area contributed by atoms with Gasteiger partial charge in [0.1, 0.15) is 0 Å². The van der Waals surface area contributed by atoms with Crippen LogP contribution in [-0.4, -0.2) is 18.5 Å². The number of carbonyl (C=O) groups excluding carboxylic acids is 1. The van der Waals surface area contributed by atoms with Gasteiger partial charge in [0.15, 0.2) is 0 Å². The summed E-state index contributed by atoms with van der Waals surface area (Å²) >= 11 is 0. The van der Waals surface area contributed by atoms with E-state index in [4.69, 9.17) is 5.26 Å². The smallest absolute Gasteiger partial charge is 0.251 e. The molecular formula is C21H23N3O. The zero-order valence-corrected chi connectivity index (χ0v) is 14.2. The molecule has 3 rings (SSSR count). The Morgan fingerprint density at radius 3 is 2.52 bits per heavy atom. The van der Waals surface area contributed by atoms with Gasteiger partial charge >= 0.3 is 0 Å². The van der Waals surface area contributed by atoms with Gasteiger partial charge in [0, 0.05) is 23.8 Å². The highest BCUT2D eigenvalue weighted by Crippen LogP contribution is 2.25. The van der Waals surface area contributed by atoms with E-state index in [-0.39, 0.29) is 11.9 Å². The molecule has 25 heavy (non-hydrogen) atoms. The minimum Gasteiger partial charge on any atom is -0.385 e. The van der Waals surface area contributed by atoms with Crippen LogP contribution in [0.3, 0.4) is 0 Å². The van der Waals surface area contributed by atoms with Gasteiger partial charge in [0.25, 0.3) is 5.91 Å². The molecular weight excluding hydrogens is 310 g/mol. The number of amides is 1. The number of anilines is 1. The van der Waals surface area contributed by atoms with Gasteiger partial charge in [-0.05, 0) is 61.9 Å². The summed E-state index contributed by atoms with van der Waals surface area (Å²) < 4.78 is 0. The van der Waals surface area contributed by atoms with Crippen LogP contribution in [0.4, 0.5) is 5.69 Å². The molecule has 0 atom stereocenters. The molecule has 0 bridgehead atoms. The van der Waals surface area contributed by atoms with Crippen LogP contribution in [0.15, 0.2) is 54.6 Å². The van der Waals surface area contributed by atoms with Crippen molar-refractivity contribution in [3.8, 4) is 6.07 Å². The van der Waals surface area contributed by atoms with E-state index in [1.165, 1.54) is 0 Å². The van der Waals surface area contributed by atoms with E-state index in [9.17, 15) is 4.79 Å². The lowest BCUT2D eigenvalue weighted by Crippen LogP contribution is -2.38. The van der Waals surface area contributed by atoms with Gasteiger partial charge in [-0.2, -0.15) is 5.26 Å². The summed E-state index contributed by atoms with van der Waals surface area (Å²) in [4.78, 5) is 12.3. The largest absolute Gasteiger partial charge is 0.385 e. The molecule has 0 radical (unpaired) electrons. The molecule has 0 aromatic heterocycles. The molecule has 0 spiro atoms. The Kier molecular flexibility index (Phi) is 5.69. The summed E-state index contributed by atoms with van der Waals surface area (Å²) in [7, 11) is 0. The van der Waals surface area contributed by atoms with Gasteiger partial charge in [-0.15, -0.1) is 0 Å². The lowest BCUT2D eigenvalue weighted by Gasteiger charge is -2.29. The maximum absolute atomic E-state index is 12.3. The van der Waals surface area contributed by atoms with Crippen LogP contribution in [0.5, 0.6) is 0 Å². The van der Waals surface area contributed by atoms with Crippen molar-refractivity contribution in [2.75, 3.05) is 11.9 Å². The number of hydrogen-bond acceptors (Lipinski definition) is 3. The van der Waals surface area contributed by atoms with E-state index in [2.05, 4.69) is 28.8 Å². The lowest BCUT2D eigenvalue weighted by molar-refractivity contribution is 0.0922. The van der Waals surface area contributed by atoms with Gasteiger partial charge in [-0.25, -0.2) is 0 Å². The predicted molar refractivity (Wildman–Crippen MR) is 99.3 cm³/mol. The third kappa shape index (κ3) is 4.84. The second-order valence-corrected chi connectivity index (χ2v) is 6.63. The maximum atomic E-state index is 12.3. The molecule has 0 unspecified atom stereocenters. The summed E-state index contributed by atoms with van der Waals surface area (Å²) in [6.45, 7) is 0.981. The molecule has 1 amide bonds. The first kappa shape index (κ1) is 17.0. The van der Waals surface area contributed by atoms with Crippen molar-refractivity contribution < 1.29 is 4.79 Å². The van der Waals surface area contributed by atoms with E-state index < -0.39 is 0 Å². The van der Waals surface area contributed by atoms with Crippen molar-refractivity contribution in [3.63, 3.8) is 0 Å². The fourth-order valence-electron chi connectivity index (χ4n) is 3.33. The molecule has 1 aliphatic rings. The topological polar surface area (TPSA) is 64.9 Å². The van der Waals surface area contributed by atoms with Crippen molar-refractivity contribution in [3.05, 3.63) is 65.7 Å². The monoisotopic (exact) mass is 333 g/mol. The number of para-hydroxylation sites is 1. The normalized spacial score (nSPS) is 19.6. The van der Waals surface area contributed by atoms with Crippen LogP contribution in [0.25, 0.3) is 0 Å². The van der Waals surface area contributed by atoms with Crippen LogP contribution >= 0.6 is 0 Å². The first-order valence-corrected chi connectivity index (χ1v) is 8.84. The van der Waals surface area contributed by atoms with Crippen LogP contribution in [-0.2, 0) is 0 Å². The zero-order chi connectivity index (χ0) is 17.5. The van der Waals surface area contributed by atoms with Crippen LogP contribution in [0, 0.1) is 17.2 Å². The van der Waals surface area contributed by atoms with E-state index in [1.807, 2.05) is 18.2 Å². The predicted octanol–water partition coefficient (Wildman–Crippen LogP) is 3.96. The number of nitrogens with zero attached hydrogens (tertiary/aromatic N) is 1. The first-order chi connectivity index (χ1) is 12.2. The molecule has 1 aliphatic carbocycles. The average Bonchev–Trinajstić information content (AvgIpc) is 2.68. The van der Waals surface area contributed by atoms with Crippen LogP contribution in [0.1, 0.15) is 41.6 Å². The Labute approximate surface area is 148 Å². The molecule has 4 heteroatoms. The number of nitriles is 1. The molecule has 4 nitrogen and oxygen atoms in total. The Morgan fingerprint density at radius 2 is 1.80 bits per heavy atom. The summed E-state index contributed by atoms with van der Waals surface area (Å²) in [5, 5.41) is 15.5. The minimum atomic E-state index is -0.0806. The average molecular weight is 333 g/mol. The first-order valence-electron chi connectivity index (χ1n) is 8.84. The van der Waals surface area contributed by atoms with E-state index in [0.717, 1.165) is 37.9 Å². The van der Waals surface area contributed by atoms with Crippen molar-refractivity contribution in [2.24, 2.45) is 5.92 Å². The summed E-state index contributed by atoms with van der Waals surface area (Å²) in [6.07, 6.45) is 4.24. The van der Waals surface area contributed by atoms with Crippen molar-refractivity contribution >= 4 is 11.6 Å². The minimum absolute atomic E-state index is 0.0806. The number of hydrogen-bond donors (Lipinski definition) is 2. The van der Waals surface area contributed by atoms with Crippen LogP contribution < -0.4 is 10.6 Å². The van der Waals surface area contributed by atoms with Gasteiger partial charge in [0.2, 0.25) is 0 Å². The Hall–Kier alpha value is -2.80. The third-order valence-corrected chi connectivity index (χ3v) is 4.80. The number of benzene rings is 2. The molecule has 2 N–H and O–H groups in total. The molecule has 2 aromatic carbocycles. The standard InChI is InChI=1S/C21H23N3O/c22-14-17-5-4-6-18(13-17)21(25)24-20-11-9-16(10-12-20)15-23-19-7-2-1-3-8-19/h1-8,13,16,20,23H,9-12,15H2,(H,24,25)/t16-,20-. The molecule has 0 heterocycles. The number of rotatable bonds is 5. The van der Waals surface area contributed by atoms with E-state index >= 15 is 0 Å². The fraction of sp³-hybridized carbons (Fsp3) is 0.333. The SMILES string of the molecule is N#Cc1cccc(C(=O)N[C@H]2CC[C@H](CNc3ccccc3)CC2)c1. The second kappa shape index (κ2) is 8.34. The fourth-order valence-corrected chi connectivity index (χ4v) is 3.33. The highest BCUT2D eigenvalue weighted by atomic mass is 16.1. The molecule has 2 aromatic rings. The third-order valence-electron chi connectivity index (χ3n) is 4.80. The van der Waals surface area contributed by atoms with E-state index in [0.29, 0.717) is 17.0 Å². The Morgan fingerprint density at radius 1 is 1.04 bits per heavy atom. The van der Waals surface area contributed by atoms with Gasteiger partial charge in [0.05, 0.1) is 11.6 Å². The maximum Gasteiger partial charge on any atom is 0.251 e. The highest BCUT2D eigenvalue weighted by molar-refractivity contribution is 5.94. The summed E-state index contributed by atoms with van der Waals surface area (Å²) in [6, 6.07) is 19.4. The highest BCUT2D eigenvalue weighted by Gasteiger charge is 2.22. The molecule has 0 saturated heterocycles. The number of carbonyl (C=O) groups is 1. The second-order valence-electron chi connectivity index (χ2n) is 6.63. The molecule has 1 fully saturated rings. The van der Waals surface area contributed by atoms with E-state index in [1.54, 1.807) is 24.3 Å². The van der Waals surface area contributed by atoms with Gasteiger partial charge in [-0.3, -0.25) is 4.79 Å². The van der Waals surface area contributed by atoms with Crippen molar-refractivity contribution in [2.45, 2.75) is 31.7 Å². The van der Waals surface area contributed by atoms with Crippen molar-refractivity contribution in [1.82, 2.24) is 5.32 Å². The zero-order valence-electron chi connectivity index (χ0n) is 14.2. The van der Waals surface area contributed by atoms with Gasteiger partial charge in [-0.1, -0.05) is 24.3 Å². The Bertz CT molecular complexity index is 743. The molecule has 1 saturated carbocycles. The molecule has 0 aliphatic heterocycles. The van der Waals surface area contributed by atoms with Crippen LogP contribution in [0.2, 0.25) is 0 Å². The summed E-state index contributed by atoms with van der Waals surface area (Å²) in [5.74, 6) is 0.568. The summed E-state index contributed by atoms with van der Waals surface area (Å²) in [5.41, 5.74) is 2.24.